The minimum Gasteiger partial charge on any atom is -0.464 e. The Balaban J connectivity index is 2.02. The molecule has 2 rings (SSSR count). The van der Waals surface area contributed by atoms with Crippen LogP contribution in [-0.2, 0) is 19.1 Å². The van der Waals surface area contributed by atoms with E-state index >= 15 is 0 Å². The highest BCUT2D eigenvalue weighted by Gasteiger charge is 2.17. The summed E-state index contributed by atoms with van der Waals surface area (Å²) >= 11 is 0. The van der Waals surface area contributed by atoms with E-state index in [0.717, 1.165) is 81.3 Å². The highest BCUT2D eigenvalue weighted by Crippen LogP contribution is 2.20. The van der Waals surface area contributed by atoms with Gasteiger partial charge in [0.15, 0.2) is 0 Å². The number of ether oxygens (including phenoxy) is 2. The van der Waals surface area contributed by atoms with Crippen LogP contribution in [0.1, 0.15) is 104 Å². The summed E-state index contributed by atoms with van der Waals surface area (Å²) < 4.78 is 11.3. The summed E-state index contributed by atoms with van der Waals surface area (Å²) in [6, 6.07) is 17.0. The van der Waals surface area contributed by atoms with Gasteiger partial charge >= 0.3 is 11.9 Å². The maximum Gasteiger partial charge on any atom is 0.308 e. The van der Waals surface area contributed by atoms with Gasteiger partial charge in [0.1, 0.15) is 13.2 Å². The number of nitrogens with zero attached hydrogens (tertiary/aromatic N) is 2. The van der Waals surface area contributed by atoms with Crippen molar-refractivity contribution in [2.24, 2.45) is 11.8 Å². The Kier molecular flexibility index (Phi) is 18.0. The molecule has 44 heavy (non-hydrogen) atoms. The number of rotatable bonds is 22. The van der Waals surface area contributed by atoms with Gasteiger partial charge in [0, 0.05) is 24.5 Å². The molecule has 0 saturated carbocycles. The zero-order chi connectivity index (χ0) is 32.2. The minimum absolute atomic E-state index is 0.0929. The lowest BCUT2D eigenvalue weighted by Gasteiger charge is -2.25. The Hall–Kier alpha value is -3.28. The molecule has 0 fully saturated rings. The lowest BCUT2D eigenvalue weighted by atomic mass is 10.0. The summed E-state index contributed by atoms with van der Waals surface area (Å²) in [5, 5.41) is 0. The smallest absolute Gasteiger partial charge is 0.308 e. The Morgan fingerprint density at radius 1 is 0.614 bits per heavy atom. The molecule has 0 aliphatic heterocycles. The van der Waals surface area contributed by atoms with Gasteiger partial charge in [-0.25, -0.2) is 0 Å². The van der Waals surface area contributed by atoms with Gasteiger partial charge in [-0.05, 0) is 62.1 Å². The lowest BCUT2D eigenvalue weighted by Crippen LogP contribution is -2.33. The van der Waals surface area contributed by atoms with Crippen molar-refractivity contribution in [2.45, 2.75) is 92.9 Å². The van der Waals surface area contributed by atoms with Gasteiger partial charge in [0.05, 0.1) is 24.9 Å². The zero-order valence-electron chi connectivity index (χ0n) is 28.4. The fourth-order valence-corrected chi connectivity index (χ4v) is 5.18. The van der Waals surface area contributed by atoms with Crippen molar-refractivity contribution in [1.82, 2.24) is 0 Å². The average molecular weight is 607 g/mol. The van der Waals surface area contributed by atoms with Crippen LogP contribution in [0.4, 0.5) is 11.4 Å². The van der Waals surface area contributed by atoms with Crippen LogP contribution in [0.3, 0.4) is 0 Å². The first-order chi connectivity index (χ1) is 21.3. The van der Waals surface area contributed by atoms with Crippen molar-refractivity contribution < 1.29 is 19.1 Å². The second-order valence-electron chi connectivity index (χ2n) is 11.8. The minimum atomic E-state index is -0.140. The number of carbonyl (C=O) groups excluding carboxylic acids is 2. The third-order valence-corrected chi connectivity index (χ3v) is 8.25. The molecular formula is C38H58N2O4. The Morgan fingerprint density at radius 3 is 1.36 bits per heavy atom. The van der Waals surface area contributed by atoms with Gasteiger partial charge in [-0.15, -0.1) is 0 Å². The van der Waals surface area contributed by atoms with Crippen molar-refractivity contribution in [3.05, 3.63) is 59.7 Å². The van der Waals surface area contributed by atoms with E-state index in [0.29, 0.717) is 26.3 Å². The molecule has 0 bridgehead atoms. The molecule has 2 unspecified atom stereocenters. The first-order valence-electron chi connectivity index (χ1n) is 17.0. The molecule has 2 aromatic rings. The van der Waals surface area contributed by atoms with Crippen LogP contribution in [-0.4, -0.2) is 51.3 Å². The number of hydrogen-bond donors (Lipinski definition) is 0. The SMILES string of the molecule is CCCCCC(C)C(=O)OCCN(CCOC(=O)C(C)CCCCC)c1ccc(/C=C/c2ccc(N(CC)CC)cc2)cc1. The largest absolute Gasteiger partial charge is 0.464 e. The van der Waals surface area contributed by atoms with Crippen LogP contribution >= 0.6 is 0 Å². The monoisotopic (exact) mass is 606 g/mol. The van der Waals surface area contributed by atoms with E-state index < -0.39 is 0 Å². The van der Waals surface area contributed by atoms with E-state index in [1.807, 2.05) is 13.8 Å². The molecule has 0 heterocycles. The molecule has 6 heteroatoms. The third-order valence-electron chi connectivity index (χ3n) is 8.25. The Labute approximate surface area is 267 Å². The van der Waals surface area contributed by atoms with Crippen LogP contribution in [0, 0.1) is 11.8 Å². The maximum atomic E-state index is 12.5. The Morgan fingerprint density at radius 2 is 1.00 bits per heavy atom. The van der Waals surface area contributed by atoms with Gasteiger partial charge in [-0.3, -0.25) is 9.59 Å². The predicted molar refractivity (Wildman–Crippen MR) is 186 cm³/mol. The van der Waals surface area contributed by atoms with Crippen LogP contribution in [0.5, 0.6) is 0 Å². The summed E-state index contributed by atoms with van der Waals surface area (Å²) in [6.07, 6.45) is 12.6. The highest BCUT2D eigenvalue weighted by molar-refractivity contribution is 5.73. The normalized spacial score (nSPS) is 12.6. The number of benzene rings is 2. The van der Waals surface area contributed by atoms with Crippen molar-refractivity contribution in [3.8, 4) is 0 Å². The molecule has 0 radical (unpaired) electrons. The fourth-order valence-electron chi connectivity index (χ4n) is 5.18. The van der Waals surface area contributed by atoms with Crippen LogP contribution in [0.15, 0.2) is 48.5 Å². The molecule has 0 amide bonds. The molecule has 0 aliphatic rings. The number of hydrogen-bond acceptors (Lipinski definition) is 6. The van der Waals surface area contributed by atoms with Crippen molar-refractivity contribution in [2.75, 3.05) is 49.2 Å². The standard InChI is InChI=1S/C38H58N2O4/c1-7-11-13-15-31(5)37(41)43-29-27-40(28-30-44-38(42)32(6)16-14-12-8-2)36-25-21-34(22-26-36)18-17-33-19-23-35(24-20-33)39(9-3)10-4/h17-26,31-32H,7-16,27-30H2,1-6H3/b18-17+. The maximum absolute atomic E-state index is 12.5. The summed E-state index contributed by atoms with van der Waals surface area (Å²) in [7, 11) is 0. The fraction of sp³-hybridized carbons (Fsp3) is 0.579. The summed E-state index contributed by atoms with van der Waals surface area (Å²) in [5.74, 6) is -0.465. The number of carbonyl (C=O) groups is 2. The van der Waals surface area contributed by atoms with Gasteiger partial charge in [-0.1, -0.05) is 103 Å². The van der Waals surface area contributed by atoms with Crippen LogP contribution in [0.25, 0.3) is 12.2 Å². The second kappa shape index (κ2) is 21.4. The van der Waals surface area contributed by atoms with Crippen molar-refractivity contribution >= 4 is 35.5 Å². The summed E-state index contributed by atoms with van der Waals surface area (Å²) in [6.45, 7) is 16.2. The molecule has 0 N–H and O–H groups in total. The zero-order valence-corrected chi connectivity index (χ0v) is 28.4. The van der Waals surface area contributed by atoms with Gasteiger partial charge < -0.3 is 19.3 Å². The summed E-state index contributed by atoms with van der Waals surface area (Å²) in [4.78, 5) is 29.5. The van der Waals surface area contributed by atoms with Crippen molar-refractivity contribution in [1.29, 1.82) is 0 Å². The van der Waals surface area contributed by atoms with E-state index in [9.17, 15) is 9.59 Å². The van der Waals surface area contributed by atoms with Gasteiger partial charge in [-0.2, -0.15) is 0 Å². The lowest BCUT2D eigenvalue weighted by molar-refractivity contribution is -0.148. The van der Waals surface area contributed by atoms with E-state index in [2.05, 4.69) is 98.2 Å². The molecule has 244 valence electrons. The Bertz CT molecular complexity index is 1060. The number of esters is 2. The molecule has 2 aromatic carbocycles. The average Bonchev–Trinajstić information content (AvgIpc) is 3.04. The topological polar surface area (TPSA) is 59.1 Å². The quantitative estimate of drug-likeness (QED) is 0.0757. The first kappa shape index (κ1) is 36.9. The van der Waals surface area contributed by atoms with E-state index in [1.165, 1.54) is 5.69 Å². The first-order valence-corrected chi connectivity index (χ1v) is 17.0. The highest BCUT2D eigenvalue weighted by atomic mass is 16.5. The van der Waals surface area contributed by atoms with Crippen LogP contribution < -0.4 is 9.80 Å². The van der Waals surface area contributed by atoms with E-state index in [-0.39, 0.29) is 23.8 Å². The third kappa shape index (κ3) is 13.6. The van der Waals surface area contributed by atoms with Gasteiger partial charge in [0.2, 0.25) is 0 Å². The molecule has 0 saturated heterocycles. The molecule has 0 aromatic heterocycles. The van der Waals surface area contributed by atoms with E-state index in [4.69, 9.17) is 9.47 Å². The van der Waals surface area contributed by atoms with Crippen molar-refractivity contribution in [3.63, 3.8) is 0 Å². The molecule has 6 nitrogen and oxygen atoms in total. The molecular weight excluding hydrogens is 548 g/mol. The van der Waals surface area contributed by atoms with Crippen LogP contribution in [0.2, 0.25) is 0 Å². The summed E-state index contributed by atoms with van der Waals surface area (Å²) in [5.41, 5.74) is 4.50. The van der Waals surface area contributed by atoms with E-state index in [1.54, 1.807) is 0 Å². The molecule has 2 atom stereocenters. The number of anilines is 2. The predicted octanol–water partition coefficient (Wildman–Crippen LogP) is 9.03. The molecule has 0 aliphatic carbocycles. The molecule has 0 spiro atoms. The number of unbranched alkanes of at least 4 members (excludes halogenated alkanes) is 4. The second-order valence-corrected chi connectivity index (χ2v) is 11.8. The van der Waals surface area contributed by atoms with Gasteiger partial charge in [0.25, 0.3) is 0 Å².